The Morgan fingerprint density at radius 2 is 2.00 bits per heavy atom. The molecule has 0 aromatic heterocycles. The number of nitrogens with one attached hydrogen (secondary N) is 1. The van der Waals surface area contributed by atoms with Gasteiger partial charge in [-0.05, 0) is 46.8 Å². The third kappa shape index (κ3) is 1.95. The smallest absolute Gasteiger partial charge is 0.119 e. The van der Waals surface area contributed by atoms with Crippen LogP contribution in [-0.2, 0) is 4.74 Å². The van der Waals surface area contributed by atoms with Gasteiger partial charge in [0.15, 0.2) is 0 Å². The Kier molecular flexibility index (Phi) is 2.82. The lowest BCUT2D eigenvalue weighted by Gasteiger charge is -2.39. The summed E-state index contributed by atoms with van der Waals surface area (Å²) < 4.78 is 5.90. The SMILES string of the molecule is CC1COC(C)(C2CCN(C)CC2)N1. The standard InChI is InChI=1S/C11H22N2O/c1-9-8-14-11(2,12-9)10-4-6-13(3)7-5-10/h9-10,12H,4-8H2,1-3H3. The summed E-state index contributed by atoms with van der Waals surface area (Å²) in [6, 6.07) is 0.514. The average Bonchev–Trinajstić information content (AvgIpc) is 2.48. The van der Waals surface area contributed by atoms with Gasteiger partial charge in [0.2, 0.25) is 0 Å². The monoisotopic (exact) mass is 198 g/mol. The molecule has 2 heterocycles. The van der Waals surface area contributed by atoms with E-state index in [1.54, 1.807) is 0 Å². The van der Waals surface area contributed by atoms with E-state index < -0.39 is 0 Å². The Balaban J connectivity index is 1.94. The van der Waals surface area contributed by atoms with Gasteiger partial charge in [-0.2, -0.15) is 0 Å². The number of nitrogens with zero attached hydrogens (tertiary/aromatic N) is 1. The molecular weight excluding hydrogens is 176 g/mol. The maximum Gasteiger partial charge on any atom is 0.119 e. The Morgan fingerprint density at radius 3 is 2.50 bits per heavy atom. The molecule has 2 saturated heterocycles. The molecule has 2 rings (SSSR count). The van der Waals surface area contributed by atoms with E-state index >= 15 is 0 Å². The molecule has 14 heavy (non-hydrogen) atoms. The van der Waals surface area contributed by atoms with Crippen molar-refractivity contribution in [3.8, 4) is 0 Å². The van der Waals surface area contributed by atoms with Crippen LogP contribution < -0.4 is 5.32 Å². The zero-order valence-electron chi connectivity index (χ0n) is 9.55. The predicted molar refractivity (Wildman–Crippen MR) is 57.2 cm³/mol. The maximum absolute atomic E-state index is 5.90. The molecule has 0 spiro atoms. The van der Waals surface area contributed by atoms with Crippen LogP contribution >= 0.6 is 0 Å². The third-order valence-corrected chi connectivity index (χ3v) is 3.66. The second-order valence-electron chi connectivity index (χ2n) is 5.04. The van der Waals surface area contributed by atoms with E-state index in [1.165, 1.54) is 25.9 Å². The molecule has 0 aromatic rings. The number of rotatable bonds is 1. The zero-order chi connectivity index (χ0) is 10.2. The van der Waals surface area contributed by atoms with E-state index in [4.69, 9.17) is 4.74 Å². The van der Waals surface area contributed by atoms with Crippen molar-refractivity contribution in [2.24, 2.45) is 5.92 Å². The molecule has 2 aliphatic rings. The molecular formula is C11H22N2O. The molecule has 2 fully saturated rings. The molecule has 0 aliphatic carbocycles. The van der Waals surface area contributed by atoms with Gasteiger partial charge in [-0.3, -0.25) is 5.32 Å². The predicted octanol–water partition coefficient (Wildman–Crippen LogP) is 1.05. The van der Waals surface area contributed by atoms with E-state index in [0.29, 0.717) is 12.0 Å². The molecule has 3 nitrogen and oxygen atoms in total. The first-order chi connectivity index (χ1) is 6.60. The Hall–Kier alpha value is -0.120. The summed E-state index contributed by atoms with van der Waals surface area (Å²) in [5.74, 6) is 0.684. The first kappa shape index (κ1) is 10.4. The second-order valence-corrected chi connectivity index (χ2v) is 5.04. The largest absolute Gasteiger partial charge is 0.359 e. The Morgan fingerprint density at radius 1 is 1.36 bits per heavy atom. The molecule has 0 bridgehead atoms. The van der Waals surface area contributed by atoms with Crippen LogP contribution in [0.4, 0.5) is 0 Å². The van der Waals surface area contributed by atoms with Gasteiger partial charge in [-0.15, -0.1) is 0 Å². The van der Waals surface area contributed by atoms with Crippen LogP contribution in [0.2, 0.25) is 0 Å². The van der Waals surface area contributed by atoms with Crippen LogP contribution in [0.5, 0.6) is 0 Å². The third-order valence-electron chi connectivity index (χ3n) is 3.66. The minimum Gasteiger partial charge on any atom is -0.359 e. The molecule has 0 radical (unpaired) electrons. The van der Waals surface area contributed by atoms with E-state index in [1.807, 2.05) is 0 Å². The van der Waals surface area contributed by atoms with Gasteiger partial charge in [-0.1, -0.05) is 0 Å². The van der Waals surface area contributed by atoms with Crippen molar-refractivity contribution in [1.82, 2.24) is 10.2 Å². The normalized spacial score (nSPS) is 41.8. The van der Waals surface area contributed by atoms with E-state index in [0.717, 1.165) is 6.61 Å². The number of hydrogen-bond donors (Lipinski definition) is 1. The lowest BCUT2D eigenvalue weighted by Crippen LogP contribution is -2.50. The second kappa shape index (κ2) is 3.80. The minimum atomic E-state index is -0.0549. The summed E-state index contributed by atoms with van der Waals surface area (Å²) in [6.07, 6.45) is 2.51. The molecule has 2 unspecified atom stereocenters. The highest BCUT2D eigenvalue weighted by molar-refractivity contribution is 4.91. The van der Waals surface area contributed by atoms with Gasteiger partial charge in [0.25, 0.3) is 0 Å². The van der Waals surface area contributed by atoms with Crippen molar-refractivity contribution in [3.63, 3.8) is 0 Å². The maximum atomic E-state index is 5.90. The fourth-order valence-electron chi connectivity index (χ4n) is 2.67. The molecule has 82 valence electrons. The average molecular weight is 198 g/mol. The van der Waals surface area contributed by atoms with Gasteiger partial charge >= 0.3 is 0 Å². The van der Waals surface area contributed by atoms with Gasteiger partial charge in [0.05, 0.1) is 6.61 Å². The number of ether oxygens (including phenoxy) is 1. The first-order valence-electron chi connectivity index (χ1n) is 5.70. The quantitative estimate of drug-likeness (QED) is 0.681. The molecule has 0 saturated carbocycles. The summed E-state index contributed by atoms with van der Waals surface area (Å²) in [7, 11) is 2.20. The highest BCUT2D eigenvalue weighted by Gasteiger charge is 2.41. The van der Waals surface area contributed by atoms with Crippen LogP contribution in [-0.4, -0.2) is 43.4 Å². The molecule has 0 aromatic carbocycles. The molecule has 2 atom stereocenters. The fourth-order valence-corrected chi connectivity index (χ4v) is 2.67. The first-order valence-corrected chi connectivity index (χ1v) is 5.70. The summed E-state index contributed by atoms with van der Waals surface area (Å²) in [5, 5.41) is 3.57. The molecule has 1 N–H and O–H groups in total. The number of piperidine rings is 1. The zero-order valence-corrected chi connectivity index (χ0v) is 9.55. The summed E-state index contributed by atoms with van der Waals surface area (Å²) in [6.45, 7) is 7.69. The lowest BCUT2D eigenvalue weighted by molar-refractivity contribution is -0.0604. The van der Waals surface area contributed by atoms with Crippen molar-refractivity contribution in [3.05, 3.63) is 0 Å². The van der Waals surface area contributed by atoms with Crippen LogP contribution in [0, 0.1) is 5.92 Å². The lowest BCUT2D eigenvalue weighted by atomic mass is 9.87. The van der Waals surface area contributed by atoms with Crippen molar-refractivity contribution in [1.29, 1.82) is 0 Å². The van der Waals surface area contributed by atoms with Crippen LogP contribution in [0.3, 0.4) is 0 Å². The highest BCUT2D eigenvalue weighted by atomic mass is 16.5. The van der Waals surface area contributed by atoms with Crippen LogP contribution in [0.25, 0.3) is 0 Å². The van der Waals surface area contributed by atoms with Crippen LogP contribution in [0.1, 0.15) is 26.7 Å². The van der Waals surface area contributed by atoms with Gasteiger partial charge in [0.1, 0.15) is 5.72 Å². The van der Waals surface area contributed by atoms with Crippen molar-refractivity contribution < 1.29 is 4.74 Å². The Bertz CT molecular complexity index is 201. The van der Waals surface area contributed by atoms with Crippen molar-refractivity contribution >= 4 is 0 Å². The van der Waals surface area contributed by atoms with Crippen LogP contribution in [0.15, 0.2) is 0 Å². The minimum absolute atomic E-state index is 0.0549. The summed E-state index contributed by atoms with van der Waals surface area (Å²) >= 11 is 0. The van der Waals surface area contributed by atoms with Gasteiger partial charge < -0.3 is 9.64 Å². The Labute approximate surface area is 86.8 Å². The topological polar surface area (TPSA) is 24.5 Å². The molecule has 3 heteroatoms. The van der Waals surface area contributed by atoms with E-state index in [-0.39, 0.29) is 5.72 Å². The summed E-state index contributed by atoms with van der Waals surface area (Å²) in [4.78, 5) is 2.40. The van der Waals surface area contributed by atoms with Crippen molar-refractivity contribution in [2.75, 3.05) is 26.7 Å². The highest BCUT2D eigenvalue weighted by Crippen LogP contribution is 2.32. The number of likely N-dealkylation sites (tertiary alicyclic amines) is 1. The number of hydrogen-bond acceptors (Lipinski definition) is 3. The molecule has 0 amide bonds. The van der Waals surface area contributed by atoms with E-state index in [9.17, 15) is 0 Å². The molecule has 2 aliphatic heterocycles. The summed E-state index contributed by atoms with van der Waals surface area (Å²) in [5.41, 5.74) is -0.0549. The van der Waals surface area contributed by atoms with Crippen molar-refractivity contribution in [2.45, 2.75) is 38.5 Å². The fraction of sp³-hybridized carbons (Fsp3) is 1.00. The van der Waals surface area contributed by atoms with Gasteiger partial charge in [0, 0.05) is 12.0 Å². The van der Waals surface area contributed by atoms with E-state index in [2.05, 4.69) is 31.1 Å². The van der Waals surface area contributed by atoms with Gasteiger partial charge in [-0.25, -0.2) is 0 Å².